The Morgan fingerprint density at radius 3 is 2.58 bits per heavy atom. The number of amides is 2. The van der Waals surface area contributed by atoms with Crippen molar-refractivity contribution in [2.75, 3.05) is 5.32 Å². The molecule has 1 aliphatic rings. The first kappa shape index (κ1) is 20.5. The van der Waals surface area contributed by atoms with Gasteiger partial charge in [0.15, 0.2) is 5.76 Å². The van der Waals surface area contributed by atoms with Gasteiger partial charge in [-0.2, -0.15) is 5.10 Å². The van der Waals surface area contributed by atoms with Crippen molar-refractivity contribution in [1.82, 2.24) is 5.43 Å². The maximum Gasteiger partial charge on any atom is 0.291 e. The average molecular weight is 419 g/mol. The molecule has 0 saturated carbocycles. The zero-order chi connectivity index (χ0) is 21.8. The topological polar surface area (TPSA) is 83.7 Å². The minimum absolute atomic E-state index is 0.0864. The van der Waals surface area contributed by atoms with Gasteiger partial charge in [0, 0.05) is 17.5 Å². The molecule has 0 unspecified atom stereocenters. The molecule has 0 bridgehead atoms. The van der Waals surface area contributed by atoms with E-state index in [1.165, 1.54) is 12.1 Å². The van der Waals surface area contributed by atoms with Crippen LogP contribution in [0.15, 0.2) is 64.1 Å². The van der Waals surface area contributed by atoms with E-state index in [1.807, 2.05) is 30.3 Å². The zero-order valence-corrected chi connectivity index (χ0v) is 17.1. The van der Waals surface area contributed by atoms with Gasteiger partial charge in [0.25, 0.3) is 5.91 Å². The third-order valence-corrected chi connectivity index (χ3v) is 5.18. The fraction of sp³-hybridized carbons (Fsp3) is 0.208. The highest BCUT2D eigenvalue weighted by Crippen LogP contribution is 2.30. The summed E-state index contributed by atoms with van der Waals surface area (Å²) in [6.07, 6.45) is 2.35. The summed E-state index contributed by atoms with van der Waals surface area (Å²) < 4.78 is 19.7. The van der Waals surface area contributed by atoms with E-state index < -0.39 is 11.7 Å². The second-order valence-electron chi connectivity index (χ2n) is 7.40. The Morgan fingerprint density at radius 1 is 1.06 bits per heavy atom. The smallest absolute Gasteiger partial charge is 0.291 e. The standard InChI is InChI=1S/C24H22FN3O3/c1-15-22-19(27-28-21(29)14-16-8-3-2-4-9-16)12-7-13-20(22)31-23(15)24(30)26-18-11-6-5-10-17(18)25/h2-6,8-11H,7,12-14H2,1H3,(H,26,30)(H,28,29)/b27-19+. The molecule has 4 rings (SSSR count). The van der Waals surface area contributed by atoms with Crippen LogP contribution >= 0.6 is 0 Å². The summed E-state index contributed by atoms with van der Waals surface area (Å²) in [4.78, 5) is 25.0. The van der Waals surface area contributed by atoms with E-state index in [0.29, 0.717) is 29.9 Å². The van der Waals surface area contributed by atoms with Gasteiger partial charge in [-0.3, -0.25) is 9.59 Å². The predicted octanol–water partition coefficient (Wildman–Crippen LogP) is 4.38. The molecule has 0 radical (unpaired) electrons. The molecule has 2 N–H and O–H groups in total. The van der Waals surface area contributed by atoms with Crippen LogP contribution in [-0.4, -0.2) is 17.5 Å². The number of fused-ring (bicyclic) bond motifs is 1. The van der Waals surface area contributed by atoms with Gasteiger partial charge >= 0.3 is 0 Å². The largest absolute Gasteiger partial charge is 0.455 e. The van der Waals surface area contributed by atoms with Crippen LogP contribution in [0.4, 0.5) is 10.1 Å². The number of hydrogen-bond donors (Lipinski definition) is 2. The molecule has 0 aliphatic heterocycles. The molecule has 1 heterocycles. The summed E-state index contributed by atoms with van der Waals surface area (Å²) in [6.45, 7) is 1.77. The summed E-state index contributed by atoms with van der Waals surface area (Å²) >= 11 is 0. The van der Waals surface area contributed by atoms with E-state index >= 15 is 0 Å². The number of benzene rings is 2. The number of rotatable bonds is 5. The minimum atomic E-state index is -0.524. The number of hydrazone groups is 1. The molecule has 2 amide bonds. The molecular formula is C24H22FN3O3. The maximum atomic E-state index is 13.9. The van der Waals surface area contributed by atoms with E-state index in [-0.39, 0.29) is 23.8 Å². The number of nitrogens with one attached hydrogen (secondary N) is 2. The lowest BCUT2D eigenvalue weighted by Crippen LogP contribution is -2.23. The molecule has 3 aromatic rings. The molecule has 7 heteroatoms. The second kappa shape index (κ2) is 8.95. The number of anilines is 1. The van der Waals surface area contributed by atoms with Gasteiger partial charge in [-0.1, -0.05) is 42.5 Å². The minimum Gasteiger partial charge on any atom is -0.455 e. The van der Waals surface area contributed by atoms with Crippen molar-refractivity contribution in [3.63, 3.8) is 0 Å². The van der Waals surface area contributed by atoms with Crippen LogP contribution in [0.25, 0.3) is 0 Å². The molecule has 0 saturated heterocycles. The van der Waals surface area contributed by atoms with Gasteiger partial charge in [0.2, 0.25) is 5.91 Å². The number of aryl methyl sites for hydroxylation is 1. The number of hydrogen-bond acceptors (Lipinski definition) is 4. The quantitative estimate of drug-likeness (QED) is 0.602. The molecule has 31 heavy (non-hydrogen) atoms. The van der Waals surface area contributed by atoms with Gasteiger partial charge in [-0.15, -0.1) is 0 Å². The highest BCUT2D eigenvalue weighted by Gasteiger charge is 2.28. The van der Waals surface area contributed by atoms with Crippen LogP contribution in [0.5, 0.6) is 0 Å². The maximum absolute atomic E-state index is 13.9. The molecule has 6 nitrogen and oxygen atoms in total. The van der Waals surface area contributed by atoms with Crippen molar-refractivity contribution < 1.29 is 18.4 Å². The SMILES string of the molecule is Cc1c(C(=O)Nc2ccccc2F)oc2c1/C(=N/NC(=O)Cc1ccccc1)CCC2. The Labute approximate surface area is 179 Å². The van der Waals surface area contributed by atoms with Gasteiger partial charge < -0.3 is 9.73 Å². The Morgan fingerprint density at radius 2 is 1.81 bits per heavy atom. The number of halogens is 1. The van der Waals surface area contributed by atoms with Crippen LogP contribution in [0, 0.1) is 12.7 Å². The van der Waals surface area contributed by atoms with E-state index in [0.717, 1.165) is 17.5 Å². The fourth-order valence-corrected chi connectivity index (χ4v) is 3.69. The highest BCUT2D eigenvalue weighted by molar-refractivity contribution is 6.09. The summed E-state index contributed by atoms with van der Waals surface area (Å²) in [7, 11) is 0. The third-order valence-electron chi connectivity index (χ3n) is 5.18. The number of carbonyl (C=O) groups is 2. The van der Waals surface area contributed by atoms with Crippen LogP contribution in [-0.2, 0) is 17.6 Å². The summed E-state index contributed by atoms with van der Waals surface area (Å²) in [5.74, 6) is -0.487. The van der Waals surface area contributed by atoms with Crippen LogP contribution in [0.2, 0.25) is 0 Å². The first-order valence-electron chi connectivity index (χ1n) is 10.1. The van der Waals surface area contributed by atoms with Crippen molar-refractivity contribution in [1.29, 1.82) is 0 Å². The first-order chi connectivity index (χ1) is 15.0. The van der Waals surface area contributed by atoms with Gasteiger partial charge in [0.05, 0.1) is 17.8 Å². The van der Waals surface area contributed by atoms with Crippen molar-refractivity contribution in [2.45, 2.75) is 32.6 Å². The summed E-state index contributed by atoms with van der Waals surface area (Å²) in [5, 5.41) is 6.87. The Bertz CT molecular complexity index is 1150. The van der Waals surface area contributed by atoms with Gasteiger partial charge in [-0.05, 0) is 37.5 Å². The van der Waals surface area contributed by atoms with Crippen molar-refractivity contribution in [2.24, 2.45) is 5.10 Å². The highest BCUT2D eigenvalue weighted by atomic mass is 19.1. The molecule has 1 aromatic heterocycles. The lowest BCUT2D eigenvalue weighted by atomic mass is 9.93. The van der Waals surface area contributed by atoms with E-state index in [2.05, 4.69) is 15.8 Å². The number of furan rings is 1. The Balaban J connectivity index is 1.52. The molecule has 1 aliphatic carbocycles. The second-order valence-corrected chi connectivity index (χ2v) is 7.40. The Kier molecular flexibility index (Phi) is 5.93. The molecule has 2 aromatic carbocycles. The van der Waals surface area contributed by atoms with Crippen LogP contribution in [0.3, 0.4) is 0 Å². The number of carbonyl (C=O) groups excluding carboxylic acids is 2. The molecule has 0 atom stereocenters. The number of para-hydroxylation sites is 1. The first-order valence-corrected chi connectivity index (χ1v) is 10.1. The third kappa shape index (κ3) is 4.55. The average Bonchev–Trinajstić information content (AvgIpc) is 3.12. The predicted molar refractivity (Wildman–Crippen MR) is 116 cm³/mol. The monoisotopic (exact) mass is 419 g/mol. The lowest BCUT2D eigenvalue weighted by Gasteiger charge is -2.13. The van der Waals surface area contributed by atoms with Gasteiger partial charge in [0.1, 0.15) is 11.6 Å². The van der Waals surface area contributed by atoms with E-state index in [4.69, 9.17) is 4.42 Å². The van der Waals surface area contributed by atoms with Crippen molar-refractivity contribution >= 4 is 23.2 Å². The molecule has 0 spiro atoms. The molecule has 0 fully saturated rings. The number of nitrogens with zero attached hydrogens (tertiary/aromatic N) is 1. The Hall–Kier alpha value is -3.74. The molecular weight excluding hydrogens is 397 g/mol. The summed E-state index contributed by atoms with van der Waals surface area (Å²) in [5.41, 5.74) is 5.64. The fourth-order valence-electron chi connectivity index (χ4n) is 3.69. The van der Waals surface area contributed by atoms with Crippen molar-refractivity contribution in [3.8, 4) is 0 Å². The normalized spacial score (nSPS) is 14.2. The van der Waals surface area contributed by atoms with Crippen molar-refractivity contribution in [3.05, 3.63) is 88.6 Å². The van der Waals surface area contributed by atoms with E-state index in [9.17, 15) is 14.0 Å². The summed E-state index contributed by atoms with van der Waals surface area (Å²) in [6, 6.07) is 15.4. The van der Waals surface area contributed by atoms with Crippen LogP contribution < -0.4 is 10.7 Å². The molecule has 158 valence electrons. The van der Waals surface area contributed by atoms with E-state index in [1.54, 1.807) is 19.1 Å². The zero-order valence-electron chi connectivity index (χ0n) is 17.1. The van der Waals surface area contributed by atoms with Crippen LogP contribution in [0.1, 0.15) is 45.8 Å². The lowest BCUT2D eigenvalue weighted by molar-refractivity contribution is -0.120. The van der Waals surface area contributed by atoms with Gasteiger partial charge in [-0.25, -0.2) is 9.82 Å².